The summed E-state index contributed by atoms with van der Waals surface area (Å²) >= 11 is 0. The van der Waals surface area contributed by atoms with Gasteiger partial charge < -0.3 is 35.8 Å². The van der Waals surface area contributed by atoms with Crippen molar-refractivity contribution in [1.29, 1.82) is 0 Å². The third kappa shape index (κ3) is 8.99. The van der Waals surface area contributed by atoms with Gasteiger partial charge in [0.2, 0.25) is 11.8 Å². The Morgan fingerprint density at radius 2 is 1.74 bits per heavy atom. The molecule has 9 heteroatoms. The van der Waals surface area contributed by atoms with Crippen molar-refractivity contribution < 1.29 is 24.2 Å². The third-order valence-corrected chi connectivity index (χ3v) is 7.06. The van der Waals surface area contributed by atoms with E-state index >= 15 is 0 Å². The van der Waals surface area contributed by atoms with Crippen LogP contribution in [-0.4, -0.2) is 48.1 Å². The number of hydrogen-bond acceptors (Lipinski definition) is 7. The van der Waals surface area contributed by atoms with E-state index in [0.717, 1.165) is 23.2 Å². The van der Waals surface area contributed by atoms with Gasteiger partial charge in [0.25, 0.3) is 0 Å². The molecule has 0 bridgehead atoms. The number of nitrogens with one attached hydrogen (secondary N) is 2. The molecule has 1 saturated heterocycles. The lowest BCUT2D eigenvalue weighted by Gasteiger charge is -2.37. The molecule has 222 valence electrons. The van der Waals surface area contributed by atoms with Crippen LogP contribution in [0.15, 0.2) is 85.5 Å². The number of hydrogen-bond donors (Lipinski definition) is 4. The van der Waals surface area contributed by atoms with Crippen LogP contribution in [0.5, 0.6) is 0 Å². The molecular formula is C33H40N4O5. The maximum atomic E-state index is 12.7. The molecule has 3 atom stereocenters. The van der Waals surface area contributed by atoms with Gasteiger partial charge in [0, 0.05) is 43.6 Å². The Bertz CT molecular complexity index is 1350. The van der Waals surface area contributed by atoms with Crippen LogP contribution in [-0.2, 0) is 25.7 Å². The highest BCUT2D eigenvalue weighted by Crippen LogP contribution is 2.38. The highest BCUT2D eigenvalue weighted by molar-refractivity contribution is 5.94. The number of rotatable bonds is 13. The molecule has 0 aromatic heterocycles. The number of likely N-dealkylation sites (N-methyl/N-ethyl adjacent to an activating group) is 1. The Kier molecular flexibility index (Phi) is 11.2. The third-order valence-electron chi connectivity index (χ3n) is 7.06. The fourth-order valence-corrected chi connectivity index (χ4v) is 4.90. The molecule has 1 heterocycles. The maximum Gasteiger partial charge on any atom is 0.224 e. The van der Waals surface area contributed by atoms with Gasteiger partial charge in [-0.15, -0.1) is 6.58 Å². The SMILES string of the molecule is C=CCN(C)C[C@H]1C[C@@H](c2ccc(CO)cc2)O[C@@H](c2cccc(NC(=O)CCCC(=O)Nc3ccccc3N)c2)O1. The summed E-state index contributed by atoms with van der Waals surface area (Å²) in [6.07, 6.45) is 2.41. The molecule has 0 saturated carbocycles. The Labute approximate surface area is 247 Å². The van der Waals surface area contributed by atoms with E-state index < -0.39 is 6.29 Å². The first-order chi connectivity index (χ1) is 20.3. The molecule has 5 N–H and O–H groups in total. The number of nitrogens with two attached hydrogens (primary N) is 1. The van der Waals surface area contributed by atoms with Crippen molar-refractivity contribution in [2.24, 2.45) is 0 Å². The zero-order valence-electron chi connectivity index (χ0n) is 24.0. The second-order valence-corrected chi connectivity index (χ2v) is 10.5. The summed E-state index contributed by atoms with van der Waals surface area (Å²) in [6, 6.07) is 22.3. The number of carbonyl (C=O) groups is 2. The average molecular weight is 573 g/mol. The molecule has 3 aromatic carbocycles. The van der Waals surface area contributed by atoms with Crippen LogP contribution in [0.2, 0.25) is 0 Å². The zero-order valence-corrected chi connectivity index (χ0v) is 24.0. The van der Waals surface area contributed by atoms with E-state index in [1.807, 2.05) is 61.7 Å². The average Bonchev–Trinajstić information content (AvgIpc) is 2.98. The predicted molar refractivity (Wildman–Crippen MR) is 165 cm³/mol. The molecule has 3 aromatic rings. The standard InChI is InChI=1S/C33H40N4O5/c1-3-18-37(2)21-27-20-30(24-16-14-23(22-38)15-17-24)42-33(41-27)25-8-6-9-26(19-25)35-31(39)12-7-13-32(40)36-29-11-5-4-10-28(29)34/h3-6,8-11,14-17,19,27,30,33,38H,1,7,12-13,18,20-22,34H2,2H3,(H,35,39)(H,36,40)/t27-,30+,33+/m1/s1. The topological polar surface area (TPSA) is 126 Å². The predicted octanol–water partition coefficient (Wildman–Crippen LogP) is 5.17. The van der Waals surface area contributed by atoms with Crippen LogP contribution in [0.1, 0.15) is 54.8 Å². The maximum absolute atomic E-state index is 12.7. The number of nitrogen functional groups attached to an aromatic ring is 1. The minimum Gasteiger partial charge on any atom is -0.397 e. The first-order valence-electron chi connectivity index (χ1n) is 14.2. The first kappa shape index (κ1) is 30.9. The van der Waals surface area contributed by atoms with Gasteiger partial charge in [-0.2, -0.15) is 0 Å². The van der Waals surface area contributed by atoms with Crippen molar-refractivity contribution in [2.45, 2.75) is 50.8 Å². The van der Waals surface area contributed by atoms with E-state index in [4.69, 9.17) is 15.2 Å². The lowest BCUT2D eigenvalue weighted by atomic mass is 9.99. The van der Waals surface area contributed by atoms with Gasteiger partial charge in [0.1, 0.15) is 0 Å². The summed E-state index contributed by atoms with van der Waals surface area (Å²) < 4.78 is 12.8. The minimum absolute atomic E-state index is 0.0129. The van der Waals surface area contributed by atoms with E-state index in [2.05, 4.69) is 22.1 Å². The van der Waals surface area contributed by atoms with Crippen molar-refractivity contribution in [3.8, 4) is 0 Å². The first-order valence-corrected chi connectivity index (χ1v) is 14.2. The monoisotopic (exact) mass is 572 g/mol. The van der Waals surface area contributed by atoms with Crippen molar-refractivity contribution in [1.82, 2.24) is 4.90 Å². The van der Waals surface area contributed by atoms with Crippen LogP contribution in [0, 0.1) is 0 Å². The largest absolute Gasteiger partial charge is 0.397 e. The van der Waals surface area contributed by atoms with Gasteiger partial charge in [-0.25, -0.2) is 0 Å². The second-order valence-electron chi connectivity index (χ2n) is 10.5. The molecule has 9 nitrogen and oxygen atoms in total. The fourth-order valence-electron chi connectivity index (χ4n) is 4.90. The number of amides is 2. The molecular weight excluding hydrogens is 532 g/mol. The Morgan fingerprint density at radius 3 is 2.45 bits per heavy atom. The fraction of sp³-hybridized carbons (Fsp3) is 0.333. The Morgan fingerprint density at radius 1 is 1.00 bits per heavy atom. The molecule has 1 aliphatic rings. The van der Waals surface area contributed by atoms with Crippen LogP contribution in [0.25, 0.3) is 0 Å². The van der Waals surface area contributed by atoms with Crippen molar-refractivity contribution >= 4 is 28.9 Å². The molecule has 1 fully saturated rings. The molecule has 42 heavy (non-hydrogen) atoms. The number of para-hydroxylation sites is 2. The van der Waals surface area contributed by atoms with E-state index in [1.165, 1.54) is 0 Å². The van der Waals surface area contributed by atoms with Crippen molar-refractivity contribution in [3.63, 3.8) is 0 Å². The summed E-state index contributed by atoms with van der Waals surface area (Å²) in [5, 5.41) is 15.1. The zero-order chi connectivity index (χ0) is 29.9. The summed E-state index contributed by atoms with van der Waals surface area (Å²) in [4.78, 5) is 27.1. The number of aliphatic hydroxyl groups is 1. The van der Waals surface area contributed by atoms with Crippen LogP contribution < -0.4 is 16.4 Å². The summed E-state index contributed by atoms with van der Waals surface area (Å²) in [5.41, 5.74) is 10.2. The normalized spacial score (nSPS) is 18.4. The van der Waals surface area contributed by atoms with Gasteiger partial charge in [-0.3, -0.25) is 9.59 Å². The van der Waals surface area contributed by atoms with Gasteiger partial charge in [0.05, 0.1) is 30.2 Å². The molecule has 1 aliphatic heterocycles. The summed E-state index contributed by atoms with van der Waals surface area (Å²) in [6.45, 7) is 5.26. The van der Waals surface area contributed by atoms with Crippen molar-refractivity contribution in [3.05, 3.63) is 102 Å². The molecule has 0 spiro atoms. The lowest BCUT2D eigenvalue weighted by molar-refractivity contribution is -0.252. The lowest BCUT2D eigenvalue weighted by Crippen LogP contribution is -2.37. The number of benzene rings is 3. The van der Waals surface area contributed by atoms with E-state index in [0.29, 0.717) is 36.4 Å². The number of nitrogens with zero attached hydrogens (tertiary/aromatic N) is 1. The van der Waals surface area contributed by atoms with Gasteiger partial charge in [0.15, 0.2) is 6.29 Å². The number of anilines is 3. The highest BCUT2D eigenvalue weighted by Gasteiger charge is 2.32. The van der Waals surface area contributed by atoms with E-state index in [9.17, 15) is 14.7 Å². The summed E-state index contributed by atoms with van der Waals surface area (Å²) in [7, 11) is 2.03. The smallest absolute Gasteiger partial charge is 0.224 e. The van der Waals surface area contributed by atoms with E-state index in [-0.39, 0.29) is 43.5 Å². The molecule has 2 amide bonds. The van der Waals surface area contributed by atoms with Crippen LogP contribution in [0.3, 0.4) is 0 Å². The number of ether oxygens (including phenoxy) is 2. The minimum atomic E-state index is -0.630. The Balaban J connectivity index is 1.37. The molecule has 0 aliphatic carbocycles. The van der Waals surface area contributed by atoms with Gasteiger partial charge in [-0.05, 0) is 48.9 Å². The highest BCUT2D eigenvalue weighted by atomic mass is 16.7. The van der Waals surface area contributed by atoms with E-state index in [1.54, 1.807) is 24.3 Å². The Hall–Kier alpha value is -4.02. The molecule has 0 radical (unpaired) electrons. The van der Waals surface area contributed by atoms with Crippen LogP contribution >= 0.6 is 0 Å². The summed E-state index contributed by atoms with van der Waals surface area (Å²) in [5.74, 6) is -0.376. The van der Waals surface area contributed by atoms with Gasteiger partial charge in [-0.1, -0.05) is 54.6 Å². The number of carbonyl (C=O) groups excluding carboxylic acids is 2. The van der Waals surface area contributed by atoms with Crippen LogP contribution in [0.4, 0.5) is 17.1 Å². The molecule has 0 unspecified atom stereocenters. The quantitative estimate of drug-likeness (QED) is 0.164. The van der Waals surface area contributed by atoms with Crippen molar-refractivity contribution in [2.75, 3.05) is 36.5 Å². The van der Waals surface area contributed by atoms with Gasteiger partial charge >= 0.3 is 0 Å². The second kappa shape index (κ2) is 15.3. The molecule has 4 rings (SSSR count). The number of aliphatic hydroxyl groups excluding tert-OH is 1.